The Morgan fingerprint density at radius 2 is 1.68 bits per heavy atom. The number of para-hydroxylation sites is 1. The number of hydrogen-bond donors (Lipinski definition) is 3. The number of hydrogen-bond acceptors (Lipinski definition) is 2. The molecule has 0 saturated heterocycles. The van der Waals surface area contributed by atoms with Gasteiger partial charge in [-0.05, 0) is 43.9 Å². The average molecular weight is 377 g/mol. The zero-order valence-electron chi connectivity index (χ0n) is 16.4. The normalized spacial score (nSPS) is 11.4. The highest BCUT2D eigenvalue weighted by atomic mass is 16.2. The summed E-state index contributed by atoms with van der Waals surface area (Å²) >= 11 is 0. The third-order valence-electron chi connectivity index (χ3n) is 4.86. The van der Waals surface area contributed by atoms with Crippen LogP contribution in [0.15, 0.2) is 60.8 Å². The maximum absolute atomic E-state index is 12.5. The molecule has 0 aliphatic carbocycles. The molecule has 5 nitrogen and oxygen atoms in total. The number of aryl methyl sites for hydroxylation is 1. The molecule has 1 aromatic heterocycles. The van der Waals surface area contributed by atoms with Gasteiger partial charge >= 0.3 is 0 Å². The highest BCUT2D eigenvalue weighted by Gasteiger charge is 2.28. The van der Waals surface area contributed by atoms with E-state index in [0.717, 1.165) is 17.5 Å². The minimum absolute atomic E-state index is 0.124. The summed E-state index contributed by atoms with van der Waals surface area (Å²) in [5.74, 6) is -0.305. The number of amides is 2. The second-order valence-corrected chi connectivity index (χ2v) is 7.52. The molecule has 0 aliphatic heterocycles. The first-order chi connectivity index (χ1) is 13.5. The summed E-state index contributed by atoms with van der Waals surface area (Å²) in [5.41, 5.74) is 2.42. The van der Waals surface area contributed by atoms with E-state index in [1.54, 1.807) is 13.8 Å². The molecule has 0 saturated carbocycles. The van der Waals surface area contributed by atoms with E-state index in [4.69, 9.17) is 0 Å². The van der Waals surface area contributed by atoms with Crippen LogP contribution >= 0.6 is 0 Å². The number of fused-ring (bicyclic) bond motifs is 1. The fourth-order valence-corrected chi connectivity index (χ4v) is 3.24. The fraction of sp³-hybridized carbons (Fsp3) is 0.304. The molecule has 5 heteroatoms. The number of benzene rings is 2. The first kappa shape index (κ1) is 19.7. The van der Waals surface area contributed by atoms with Crippen molar-refractivity contribution >= 4 is 22.7 Å². The van der Waals surface area contributed by atoms with Gasteiger partial charge in [0.05, 0.1) is 0 Å². The number of rotatable bonds is 8. The maximum atomic E-state index is 12.5. The van der Waals surface area contributed by atoms with Crippen molar-refractivity contribution < 1.29 is 9.59 Å². The fourth-order valence-electron chi connectivity index (χ4n) is 3.24. The van der Waals surface area contributed by atoms with Gasteiger partial charge in [-0.15, -0.1) is 0 Å². The van der Waals surface area contributed by atoms with Crippen molar-refractivity contribution in [2.24, 2.45) is 0 Å². The third kappa shape index (κ3) is 5.00. The van der Waals surface area contributed by atoms with Crippen LogP contribution in [0.3, 0.4) is 0 Å². The molecule has 0 aliphatic rings. The first-order valence-electron chi connectivity index (χ1n) is 9.64. The molecule has 0 radical (unpaired) electrons. The van der Waals surface area contributed by atoms with E-state index in [1.807, 2.05) is 54.7 Å². The van der Waals surface area contributed by atoms with Crippen molar-refractivity contribution in [2.45, 2.75) is 38.6 Å². The van der Waals surface area contributed by atoms with Gasteiger partial charge in [0.2, 0.25) is 11.8 Å². The minimum atomic E-state index is -0.950. The molecule has 0 unspecified atom stereocenters. The number of aromatic amines is 1. The highest BCUT2D eigenvalue weighted by Crippen LogP contribution is 2.17. The van der Waals surface area contributed by atoms with Crippen molar-refractivity contribution in [1.82, 2.24) is 15.6 Å². The first-order valence-corrected chi connectivity index (χ1v) is 9.64. The summed E-state index contributed by atoms with van der Waals surface area (Å²) < 4.78 is 0. The van der Waals surface area contributed by atoms with Crippen molar-refractivity contribution in [3.63, 3.8) is 0 Å². The molecule has 28 heavy (non-hydrogen) atoms. The SMILES string of the molecule is CC(C)(NC(=O)CCc1ccccc1)C(=O)NCCc1c[nH]c2ccccc12. The van der Waals surface area contributed by atoms with Gasteiger partial charge in [0, 0.05) is 30.1 Å². The van der Waals surface area contributed by atoms with Gasteiger partial charge in [-0.2, -0.15) is 0 Å². The average Bonchev–Trinajstić information content (AvgIpc) is 3.10. The van der Waals surface area contributed by atoms with Crippen LogP contribution < -0.4 is 10.6 Å². The molecule has 1 heterocycles. The monoisotopic (exact) mass is 377 g/mol. The predicted octanol–water partition coefficient (Wildman–Crippen LogP) is 3.35. The van der Waals surface area contributed by atoms with Gasteiger partial charge in [0.25, 0.3) is 0 Å². The van der Waals surface area contributed by atoms with Crippen LogP contribution in [0.4, 0.5) is 0 Å². The second-order valence-electron chi connectivity index (χ2n) is 7.52. The number of aromatic nitrogens is 1. The molecule has 0 spiro atoms. The lowest BCUT2D eigenvalue weighted by Crippen LogP contribution is -2.55. The van der Waals surface area contributed by atoms with Gasteiger partial charge in [-0.1, -0.05) is 48.5 Å². The van der Waals surface area contributed by atoms with Crippen LogP contribution in [0.1, 0.15) is 31.4 Å². The van der Waals surface area contributed by atoms with Crippen molar-refractivity contribution in [2.75, 3.05) is 6.54 Å². The molecule has 0 bridgehead atoms. The number of H-pyrrole nitrogens is 1. The molecule has 3 aromatic rings. The third-order valence-corrected chi connectivity index (χ3v) is 4.86. The van der Waals surface area contributed by atoms with Crippen LogP contribution in [-0.4, -0.2) is 28.9 Å². The van der Waals surface area contributed by atoms with Gasteiger partial charge in [0.15, 0.2) is 0 Å². The van der Waals surface area contributed by atoms with Crippen LogP contribution in [0.2, 0.25) is 0 Å². The molecule has 146 valence electrons. The van der Waals surface area contributed by atoms with Crippen LogP contribution in [0, 0.1) is 0 Å². The Bertz CT molecular complexity index is 945. The second kappa shape index (κ2) is 8.74. The Morgan fingerprint density at radius 1 is 0.964 bits per heavy atom. The van der Waals surface area contributed by atoms with E-state index in [0.29, 0.717) is 19.4 Å². The predicted molar refractivity (Wildman–Crippen MR) is 112 cm³/mol. The number of carbonyl (C=O) groups excluding carboxylic acids is 2. The Labute approximate surface area is 165 Å². The lowest BCUT2D eigenvalue weighted by atomic mass is 10.0. The summed E-state index contributed by atoms with van der Waals surface area (Å²) in [6, 6.07) is 18.0. The van der Waals surface area contributed by atoms with Crippen LogP contribution in [0.25, 0.3) is 10.9 Å². The summed E-state index contributed by atoms with van der Waals surface area (Å²) in [6.07, 6.45) is 3.72. The summed E-state index contributed by atoms with van der Waals surface area (Å²) in [7, 11) is 0. The van der Waals surface area contributed by atoms with Crippen molar-refractivity contribution in [1.29, 1.82) is 0 Å². The Balaban J connectivity index is 1.46. The zero-order chi connectivity index (χ0) is 20.0. The molecule has 2 aromatic carbocycles. The zero-order valence-corrected chi connectivity index (χ0v) is 16.4. The Hall–Kier alpha value is -3.08. The molecular formula is C23H27N3O2. The highest BCUT2D eigenvalue weighted by molar-refractivity contribution is 5.90. The number of carbonyl (C=O) groups is 2. The van der Waals surface area contributed by atoms with Crippen LogP contribution in [0.5, 0.6) is 0 Å². The molecular weight excluding hydrogens is 350 g/mol. The maximum Gasteiger partial charge on any atom is 0.245 e. The molecule has 0 fully saturated rings. The quantitative estimate of drug-likeness (QED) is 0.563. The van der Waals surface area contributed by atoms with Gasteiger partial charge < -0.3 is 15.6 Å². The number of nitrogens with one attached hydrogen (secondary N) is 3. The minimum Gasteiger partial charge on any atom is -0.361 e. The van der Waals surface area contributed by atoms with E-state index in [9.17, 15) is 9.59 Å². The lowest BCUT2D eigenvalue weighted by molar-refractivity contribution is -0.132. The lowest BCUT2D eigenvalue weighted by Gasteiger charge is -2.25. The van der Waals surface area contributed by atoms with Crippen molar-refractivity contribution in [3.05, 3.63) is 71.9 Å². The largest absolute Gasteiger partial charge is 0.361 e. The molecule has 2 amide bonds. The van der Waals surface area contributed by atoms with E-state index < -0.39 is 5.54 Å². The Kier molecular flexibility index (Phi) is 6.14. The van der Waals surface area contributed by atoms with Gasteiger partial charge in [-0.25, -0.2) is 0 Å². The van der Waals surface area contributed by atoms with E-state index >= 15 is 0 Å². The topological polar surface area (TPSA) is 74.0 Å². The molecule has 0 atom stereocenters. The molecule has 3 N–H and O–H groups in total. The van der Waals surface area contributed by atoms with E-state index in [-0.39, 0.29) is 11.8 Å². The van der Waals surface area contributed by atoms with Crippen LogP contribution in [-0.2, 0) is 22.4 Å². The van der Waals surface area contributed by atoms with Gasteiger partial charge in [-0.3, -0.25) is 9.59 Å². The van der Waals surface area contributed by atoms with E-state index in [1.165, 1.54) is 10.9 Å². The molecule has 3 rings (SSSR count). The van der Waals surface area contributed by atoms with E-state index in [2.05, 4.69) is 21.7 Å². The summed E-state index contributed by atoms with van der Waals surface area (Å²) in [4.78, 5) is 28.0. The standard InChI is InChI=1S/C23H27N3O2/c1-23(2,26-21(27)13-12-17-8-4-3-5-9-17)22(28)24-15-14-18-16-25-20-11-7-6-10-19(18)20/h3-11,16,25H,12-15H2,1-2H3,(H,24,28)(H,26,27). The van der Waals surface area contributed by atoms with Gasteiger partial charge in [0.1, 0.15) is 5.54 Å². The summed E-state index contributed by atoms with van der Waals surface area (Å²) in [6.45, 7) is 3.98. The Morgan fingerprint density at radius 3 is 2.46 bits per heavy atom. The summed E-state index contributed by atoms with van der Waals surface area (Å²) in [5, 5.41) is 6.95. The van der Waals surface area contributed by atoms with Crippen molar-refractivity contribution in [3.8, 4) is 0 Å². The smallest absolute Gasteiger partial charge is 0.245 e.